The van der Waals surface area contributed by atoms with Crippen molar-refractivity contribution < 1.29 is 0 Å². The van der Waals surface area contributed by atoms with E-state index < -0.39 is 0 Å². The Morgan fingerprint density at radius 3 is 2.57 bits per heavy atom. The van der Waals surface area contributed by atoms with Crippen molar-refractivity contribution in [3.63, 3.8) is 0 Å². The van der Waals surface area contributed by atoms with Gasteiger partial charge < -0.3 is 5.73 Å². The SMILES string of the molecule is CCc1sc(N)c(C#N)c1C(C)CC. The Morgan fingerprint density at radius 2 is 2.14 bits per heavy atom. The summed E-state index contributed by atoms with van der Waals surface area (Å²) in [4.78, 5) is 1.27. The minimum atomic E-state index is 0.438. The molecule has 1 aromatic heterocycles. The molecule has 1 rings (SSSR count). The van der Waals surface area contributed by atoms with Crippen LogP contribution in [-0.2, 0) is 6.42 Å². The maximum absolute atomic E-state index is 9.03. The van der Waals surface area contributed by atoms with Crippen LogP contribution in [0.3, 0.4) is 0 Å². The van der Waals surface area contributed by atoms with Crippen LogP contribution in [0.25, 0.3) is 0 Å². The topological polar surface area (TPSA) is 49.8 Å². The van der Waals surface area contributed by atoms with Gasteiger partial charge in [0.05, 0.1) is 5.56 Å². The highest BCUT2D eigenvalue weighted by molar-refractivity contribution is 7.16. The lowest BCUT2D eigenvalue weighted by Crippen LogP contribution is -1.97. The Labute approximate surface area is 89.4 Å². The van der Waals surface area contributed by atoms with Crippen molar-refractivity contribution in [1.29, 1.82) is 5.26 Å². The largest absolute Gasteiger partial charge is 0.389 e. The second kappa shape index (κ2) is 4.47. The van der Waals surface area contributed by atoms with E-state index in [9.17, 15) is 0 Å². The van der Waals surface area contributed by atoms with E-state index >= 15 is 0 Å². The summed E-state index contributed by atoms with van der Waals surface area (Å²) in [6.45, 7) is 6.40. The van der Waals surface area contributed by atoms with E-state index in [1.807, 2.05) is 0 Å². The summed E-state index contributed by atoms with van der Waals surface area (Å²) >= 11 is 1.56. The average molecular weight is 208 g/mol. The third-order valence-electron chi connectivity index (χ3n) is 2.59. The molecule has 1 atom stereocenters. The van der Waals surface area contributed by atoms with Crippen LogP contribution in [0.5, 0.6) is 0 Å². The van der Waals surface area contributed by atoms with Gasteiger partial charge in [-0.05, 0) is 24.3 Å². The fourth-order valence-electron chi connectivity index (χ4n) is 1.61. The van der Waals surface area contributed by atoms with E-state index in [4.69, 9.17) is 11.0 Å². The molecule has 3 heteroatoms. The number of aryl methyl sites for hydroxylation is 1. The molecule has 2 nitrogen and oxygen atoms in total. The second-order valence-corrected chi connectivity index (χ2v) is 4.59. The minimum absolute atomic E-state index is 0.438. The van der Waals surface area contributed by atoms with Crippen molar-refractivity contribution in [2.75, 3.05) is 5.73 Å². The van der Waals surface area contributed by atoms with E-state index in [0.717, 1.165) is 12.8 Å². The second-order valence-electron chi connectivity index (χ2n) is 3.45. The zero-order valence-electron chi connectivity index (χ0n) is 8.92. The van der Waals surface area contributed by atoms with Gasteiger partial charge in [-0.25, -0.2) is 0 Å². The molecule has 0 amide bonds. The summed E-state index contributed by atoms with van der Waals surface area (Å²) in [7, 11) is 0. The van der Waals surface area contributed by atoms with Gasteiger partial charge in [0.25, 0.3) is 0 Å². The first-order valence-corrected chi connectivity index (χ1v) is 5.78. The molecule has 0 saturated carbocycles. The highest BCUT2D eigenvalue weighted by Crippen LogP contribution is 2.36. The van der Waals surface area contributed by atoms with Crippen LogP contribution in [0, 0.1) is 11.3 Å². The number of hydrogen-bond acceptors (Lipinski definition) is 3. The molecule has 0 aliphatic heterocycles. The summed E-state index contributed by atoms with van der Waals surface area (Å²) < 4.78 is 0. The first-order chi connectivity index (χ1) is 6.65. The van der Waals surface area contributed by atoms with E-state index in [0.29, 0.717) is 16.5 Å². The molecular formula is C11H16N2S. The molecular weight excluding hydrogens is 192 g/mol. The van der Waals surface area contributed by atoms with Crippen LogP contribution in [-0.4, -0.2) is 0 Å². The monoisotopic (exact) mass is 208 g/mol. The number of hydrogen-bond donors (Lipinski definition) is 1. The summed E-state index contributed by atoms with van der Waals surface area (Å²) in [5, 5.41) is 9.71. The van der Waals surface area contributed by atoms with Gasteiger partial charge in [0.2, 0.25) is 0 Å². The van der Waals surface area contributed by atoms with Gasteiger partial charge in [0, 0.05) is 4.88 Å². The first-order valence-electron chi connectivity index (χ1n) is 4.96. The Morgan fingerprint density at radius 1 is 1.50 bits per heavy atom. The predicted octanol–water partition coefficient (Wildman–Crippen LogP) is 3.28. The molecule has 1 aromatic rings. The van der Waals surface area contributed by atoms with Gasteiger partial charge in [0.1, 0.15) is 11.1 Å². The fraction of sp³-hybridized carbons (Fsp3) is 0.545. The zero-order valence-corrected chi connectivity index (χ0v) is 9.74. The lowest BCUT2D eigenvalue weighted by atomic mass is 9.94. The number of nitrogens with two attached hydrogens (primary N) is 1. The van der Waals surface area contributed by atoms with Crippen molar-refractivity contribution in [3.8, 4) is 6.07 Å². The predicted molar refractivity (Wildman–Crippen MR) is 61.5 cm³/mol. The quantitative estimate of drug-likeness (QED) is 0.828. The van der Waals surface area contributed by atoms with Gasteiger partial charge in [-0.15, -0.1) is 11.3 Å². The minimum Gasteiger partial charge on any atom is -0.389 e. The number of anilines is 1. The Balaban J connectivity index is 3.29. The molecule has 76 valence electrons. The highest BCUT2D eigenvalue weighted by Gasteiger charge is 2.18. The third kappa shape index (κ3) is 1.76. The Bertz CT molecular complexity index is 360. The molecule has 0 fully saturated rings. The maximum atomic E-state index is 9.03. The van der Waals surface area contributed by atoms with Gasteiger partial charge >= 0.3 is 0 Å². The summed E-state index contributed by atoms with van der Waals surface area (Å²) in [6.07, 6.45) is 2.02. The van der Waals surface area contributed by atoms with E-state index in [-0.39, 0.29) is 0 Å². The van der Waals surface area contributed by atoms with Crippen LogP contribution < -0.4 is 5.73 Å². The van der Waals surface area contributed by atoms with E-state index in [1.54, 1.807) is 11.3 Å². The van der Waals surface area contributed by atoms with Gasteiger partial charge in [0.15, 0.2) is 0 Å². The molecule has 0 bridgehead atoms. The zero-order chi connectivity index (χ0) is 10.7. The number of nitrogen functional groups attached to an aromatic ring is 1. The summed E-state index contributed by atoms with van der Waals surface area (Å²) in [6, 6.07) is 2.22. The van der Waals surface area contributed by atoms with Crippen molar-refractivity contribution in [2.24, 2.45) is 0 Å². The van der Waals surface area contributed by atoms with Crippen molar-refractivity contribution in [1.82, 2.24) is 0 Å². The molecule has 14 heavy (non-hydrogen) atoms. The van der Waals surface area contributed by atoms with Crippen LogP contribution in [0.4, 0.5) is 5.00 Å². The number of nitrogens with zero attached hydrogens (tertiary/aromatic N) is 1. The summed E-state index contributed by atoms with van der Waals surface area (Å²) in [5.41, 5.74) is 7.71. The lowest BCUT2D eigenvalue weighted by Gasteiger charge is -2.09. The standard InChI is InChI=1S/C11H16N2S/c1-4-7(3)10-8(6-12)11(13)14-9(10)5-2/h7H,4-5,13H2,1-3H3. The molecule has 0 spiro atoms. The number of thiophene rings is 1. The summed E-state index contributed by atoms with van der Waals surface area (Å²) in [5.74, 6) is 0.438. The Kier molecular flexibility index (Phi) is 3.54. The fourth-order valence-corrected chi connectivity index (χ4v) is 2.69. The van der Waals surface area contributed by atoms with Crippen LogP contribution >= 0.6 is 11.3 Å². The lowest BCUT2D eigenvalue weighted by molar-refractivity contribution is 0.727. The van der Waals surface area contributed by atoms with E-state index in [1.165, 1.54) is 10.4 Å². The van der Waals surface area contributed by atoms with Crippen molar-refractivity contribution >= 4 is 16.3 Å². The van der Waals surface area contributed by atoms with Gasteiger partial charge in [-0.1, -0.05) is 20.8 Å². The van der Waals surface area contributed by atoms with Crippen LogP contribution in [0.1, 0.15) is 49.1 Å². The van der Waals surface area contributed by atoms with Crippen molar-refractivity contribution in [3.05, 3.63) is 16.0 Å². The van der Waals surface area contributed by atoms with Gasteiger partial charge in [-0.3, -0.25) is 0 Å². The van der Waals surface area contributed by atoms with Gasteiger partial charge in [-0.2, -0.15) is 5.26 Å². The molecule has 2 N–H and O–H groups in total. The number of rotatable bonds is 3. The van der Waals surface area contributed by atoms with E-state index in [2.05, 4.69) is 26.8 Å². The van der Waals surface area contributed by atoms with Crippen molar-refractivity contribution in [2.45, 2.75) is 39.5 Å². The molecule has 0 aromatic carbocycles. The molecule has 1 heterocycles. The smallest absolute Gasteiger partial charge is 0.104 e. The molecule has 0 radical (unpaired) electrons. The molecule has 0 aliphatic rings. The first kappa shape index (κ1) is 11.1. The molecule has 1 unspecified atom stereocenters. The maximum Gasteiger partial charge on any atom is 0.104 e. The highest BCUT2D eigenvalue weighted by atomic mass is 32.1. The average Bonchev–Trinajstić information content (AvgIpc) is 2.53. The molecule has 0 aliphatic carbocycles. The molecule has 0 saturated heterocycles. The number of nitriles is 1. The van der Waals surface area contributed by atoms with Crippen LogP contribution in [0.15, 0.2) is 0 Å². The van der Waals surface area contributed by atoms with Crippen LogP contribution in [0.2, 0.25) is 0 Å². The normalized spacial score (nSPS) is 12.4. The third-order valence-corrected chi connectivity index (χ3v) is 3.77. The Hall–Kier alpha value is -1.01.